The molecule has 1 heterocycles. The number of aromatic nitrogens is 1. The van der Waals surface area contributed by atoms with Crippen LogP contribution in [0.4, 0.5) is 0 Å². The molecule has 1 aromatic heterocycles. The molecular formula is C22H25NO3. The maximum Gasteiger partial charge on any atom is 0.161 e. The topological polar surface area (TPSA) is 51.6 Å². The molecule has 3 rings (SSSR count). The van der Waals surface area contributed by atoms with Crippen molar-refractivity contribution in [1.29, 1.82) is 0 Å². The van der Waals surface area contributed by atoms with E-state index in [1.807, 2.05) is 62.4 Å². The first-order valence-electron chi connectivity index (χ1n) is 8.81. The van der Waals surface area contributed by atoms with Crippen LogP contribution in [-0.4, -0.2) is 22.8 Å². The summed E-state index contributed by atoms with van der Waals surface area (Å²) in [6.07, 6.45) is 1.48. The summed E-state index contributed by atoms with van der Waals surface area (Å²) in [5.74, 6) is 1.38. The van der Waals surface area contributed by atoms with Gasteiger partial charge in [-0.3, -0.25) is 0 Å². The lowest BCUT2D eigenvalue weighted by Gasteiger charge is -2.17. The molecule has 26 heavy (non-hydrogen) atoms. The Morgan fingerprint density at radius 2 is 1.81 bits per heavy atom. The van der Waals surface area contributed by atoms with Crippen LogP contribution in [0.1, 0.15) is 31.5 Å². The Kier molecular flexibility index (Phi) is 5.43. The molecule has 4 heteroatoms. The number of aryl methyl sites for hydroxylation is 1. The van der Waals surface area contributed by atoms with E-state index in [2.05, 4.69) is 11.1 Å². The van der Waals surface area contributed by atoms with Crippen molar-refractivity contribution in [3.63, 3.8) is 0 Å². The molecule has 0 spiro atoms. The Morgan fingerprint density at radius 1 is 1.00 bits per heavy atom. The van der Waals surface area contributed by atoms with Crippen LogP contribution in [0.3, 0.4) is 0 Å². The molecule has 1 N–H and O–H groups in total. The number of benzene rings is 2. The molecular weight excluding hydrogens is 326 g/mol. The van der Waals surface area contributed by atoms with Crippen LogP contribution in [0.2, 0.25) is 0 Å². The minimum absolute atomic E-state index is 0.379. The second-order valence-electron chi connectivity index (χ2n) is 7.08. The van der Waals surface area contributed by atoms with Crippen molar-refractivity contribution < 1.29 is 14.6 Å². The minimum Gasteiger partial charge on any atom is -0.493 e. The van der Waals surface area contributed by atoms with E-state index in [-0.39, 0.29) is 0 Å². The fourth-order valence-electron chi connectivity index (χ4n) is 2.78. The summed E-state index contributed by atoms with van der Waals surface area (Å²) in [6.45, 7) is 4.01. The number of methoxy groups -OCH3 is 1. The van der Waals surface area contributed by atoms with Crippen LogP contribution < -0.4 is 9.47 Å². The molecule has 3 aromatic rings. The summed E-state index contributed by atoms with van der Waals surface area (Å²) in [4.78, 5) is 4.63. The maximum atomic E-state index is 9.88. The molecule has 0 bridgehead atoms. The second-order valence-corrected chi connectivity index (χ2v) is 7.08. The third-order valence-corrected chi connectivity index (χ3v) is 4.29. The van der Waals surface area contributed by atoms with E-state index >= 15 is 0 Å². The smallest absolute Gasteiger partial charge is 0.161 e. The molecule has 0 radical (unpaired) electrons. The maximum absolute atomic E-state index is 9.88. The highest BCUT2D eigenvalue weighted by Gasteiger charge is 2.13. The van der Waals surface area contributed by atoms with Gasteiger partial charge < -0.3 is 14.6 Å². The average molecular weight is 351 g/mol. The molecule has 0 unspecified atom stereocenters. The van der Waals surface area contributed by atoms with Gasteiger partial charge >= 0.3 is 0 Å². The number of hydrogen-bond acceptors (Lipinski definition) is 4. The number of aliphatic hydroxyl groups is 1. The van der Waals surface area contributed by atoms with Crippen molar-refractivity contribution in [2.45, 2.75) is 38.9 Å². The summed E-state index contributed by atoms with van der Waals surface area (Å²) in [7, 11) is 1.64. The number of para-hydroxylation sites is 1. The number of pyridine rings is 1. The predicted molar refractivity (Wildman–Crippen MR) is 104 cm³/mol. The zero-order chi connectivity index (χ0) is 18.6. The Balaban J connectivity index is 1.70. The summed E-state index contributed by atoms with van der Waals surface area (Å²) < 4.78 is 11.4. The van der Waals surface area contributed by atoms with Crippen LogP contribution in [0.25, 0.3) is 10.9 Å². The Hall–Kier alpha value is -2.59. The van der Waals surface area contributed by atoms with Crippen molar-refractivity contribution in [3.05, 3.63) is 65.9 Å². The summed E-state index contributed by atoms with van der Waals surface area (Å²) >= 11 is 0. The summed E-state index contributed by atoms with van der Waals surface area (Å²) in [6, 6.07) is 18.0. The molecule has 0 aliphatic rings. The first-order chi connectivity index (χ1) is 12.4. The molecule has 0 amide bonds. The standard InChI is InChI=1S/C22H25NO3/c1-22(2,24)13-12-16-8-11-20(21(14-16)25-3)26-15-18-10-9-17-6-4-5-7-19(17)23-18/h4-11,14,24H,12-13,15H2,1-3H3. The van der Waals surface area contributed by atoms with Gasteiger partial charge in [0.1, 0.15) is 6.61 Å². The third-order valence-electron chi connectivity index (χ3n) is 4.29. The first kappa shape index (κ1) is 18.2. The molecule has 0 saturated heterocycles. The van der Waals surface area contributed by atoms with Gasteiger partial charge in [0.15, 0.2) is 11.5 Å². The second kappa shape index (κ2) is 7.75. The molecule has 0 aliphatic heterocycles. The lowest BCUT2D eigenvalue weighted by atomic mass is 9.99. The van der Waals surface area contributed by atoms with Crippen LogP contribution in [0.15, 0.2) is 54.6 Å². The van der Waals surface area contributed by atoms with E-state index in [1.54, 1.807) is 7.11 Å². The van der Waals surface area contributed by atoms with Crippen LogP contribution in [-0.2, 0) is 13.0 Å². The number of ether oxygens (including phenoxy) is 2. The quantitative estimate of drug-likeness (QED) is 0.680. The number of fused-ring (bicyclic) bond motifs is 1. The number of rotatable bonds is 7. The normalized spacial score (nSPS) is 11.5. The van der Waals surface area contributed by atoms with Crippen LogP contribution >= 0.6 is 0 Å². The first-order valence-corrected chi connectivity index (χ1v) is 8.81. The van der Waals surface area contributed by atoms with Crippen LogP contribution in [0, 0.1) is 0 Å². The lowest BCUT2D eigenvalue weighted by Crippen LogP contribution is -2.19. The van der Waals surface area contributed by atoms with Crippen molar-refractivity contribution in [2.75, 3.05) is 7.11 Å². The van der Waals surface area contributed by atoms with E-state index in [4.69, 9.17) is 9.47 Å². The fraction of sp³-hybridized carbons (Fsp3) is 0.318. The third kappa shape index (κ3) is 4.73. The van der Waals surface area contributed by atoms with Gasteiger partial charge in [0.05, 0.1) is 23.9 Å². The molecule has 136 valence electrons. The molecule has 2 aromatic carbocycles. The SMILES string of the molecule is COc1cc(CCC(C)(C)O)ccc1OCc1ccc2ccccc2n1. The van der Waals surface area contributed by atoms with Gasteiger partial charge in [0.2, 0.25) is 0 Å². The van der Waals surface area contributed by atoms with Gasteiger partial charge in [0, 0.05) is 5.39 Å². The van der Waals surface area contributed by atoms with E-state index in [1.165, 1.54) is 0 Å². The van der Waals surface area contributed by atoms with Gasteiger partial charge in [0.25, 0.3) is 0 Å². The van der Waals surface area contributed by atoms with E-state index in [9.17, 15) is 5.11 Å². The van der Waals surface area contributed by atoms with Gasteiger partial charge in [-0.2, -0.15) is 0 Å². The van der Waals surface area contributed by atoms with E-state index < -0.39 is 5.60 Å². The molecule has 0 atom stereocenters. The van der Waals surface area contributed by atoms with Gasteiger partial charge in [-0.25, -0.2) is 4.98 Å². The Labute approximate surface area is 154 Å². The molecule has 4 nitrogen and oxygen atoms in total. The summed E-state index contributed by atoms with van der Waals surface area (Å²) in [5, 5.41) is 11.0. The largest absolute Gasteiger partial charge is 0.493 e. The number of nitrogens with zero attached hydrogens (tertiary/aromatic N) is 1. The highest BCUT2D eigenvalue weighted by molar-refractivity contribution is 5.78. The van der Waals surface area contributed by atoms with Crippen molar-refractivity contribution in [2.24, 2.45) is 0 Å². The molecule has 0 saturated carbocycles. The van der Waals surface area contributed by atoms with Crippen molar-refractivity contribution >= 4 is 10.9 Å². The highest BCUT2D eigenvalue weighted by atomic mass is 16.5. The van der Waals surface area contributed by atoms with Crippen LogP contribution in [0.5, 0.6) is 11.5 Å². The fourth-order valence-corrected chi connectivity index (χ4v) is 2.78. The monoisotopic (exact) mass is 351 g/mol. The average Bonchev–Trinajstić information content (AvgIpc) is 2.64. The van der Waals surface area contributed by atoms with E-state index in [0.717, 1.165) is 28.6 Å². The summed E-state index contributed by atoms with van der Waals surface area (Å²) in [5.41, 5.74) is 2.27. The Bertz CT molecular complexity index is 884. The van der Waals surface area contributed by atoms with Gasteiger partial charge in [-0.1, -0.05) is 30.3 Å². The number of hydrogen-bond donors (Lipinski definition) is 1. The molecule has 0 aliphatic carbocycles. The van der Waals surface area contributed by atoms with E-state index in [0.29, 0.717) is 24.5 Å². The predicted octanol–water partition coefficient (Wildman–Crippen LogP) is 4.53. The van der Waals surface area contributed by atoms with Crippen molar-refractivity contribution in [1.82, 2.24) is 4.98 Å². The zero-order valence-corrected chi connectivity index (χ0v) is 15.5. The van der Waals surface area contributed by atoms with Gasteiger partial charge in [-0.05, 0) is 56.5 Å². The molecule has 0 fully saturated rings. The highest BCUT2D eigenvalue weighted by Crippen LogP contribution is 2.30. The lowest BCUT2D eigenvalue weighted by molar-refractivity contribution is 0.0714. The zero-order valence-electron chi connectivity index (χ0n) is 15.5. The van der Waals surface area contributed by atoms with Crippen molar-refractivity contribution in [3.8, 4) is 11.5 Å². The Morgan fingerprint density at radius 3 is 2.58 bits per heavy atom. The minimum atomic E-state index is -0.676. The van der Waals surface area contributed by atoms with Gasteiger partial charge in [-0.15, -0.1) is 0 Å².